The molecule has 1 N–H and O–H groups in total. The molecule has 0 radical (unpaired) electrons. The Hall–Kier alpha value is -2.25. The fourth-order valence-corrected chi connectivity index (χ4v) is 3.65. The normalized spacial score (nSPS) is 10.5. The van der Waals surface area contributed by atoms with Crippen molar-refractivity contribution >= 4 is 33.7 Å². The number of nitrogens with one attached hydrogen (secondary N) is 1. The second-order valence-electron chi connectivity index (χ2n) is 5.05. The van der Waals surface area contributed by atoms with E-state index >= 15 is 0 Å². The molecule has 0 saturated heterocycles. The molecule has 118 valence electrons. The first-order chi connectivity index (χ1) is 11.1. The summed E-state index contributed by atoms with van der Waals surface area (Å²) in [6.45, 7) is 3.93. The van der Waals surface area contributed by atoms with Gasteiger partial charge in [-0.05, 0) is 48.6 Å². The number of aryl methyl sites for hydroxylation is 2. The monoisotopic (exact) mass is 345 g/mol. The van der Waals surface area contributed by atoms with Crippen LogP contribution in [0.5, 0.6) is 5.75 Å². The minimum absolute atomic E-state index is 0.0587. The number of carbonyl (C=O) groups excluding carboxylic acids is 1. The predicted octanol–water partition coefficient (Wildman–Crippen LogP) is 3.90. The average molecular weight is 345 g/mol. The Labute approximate surface area is 142 Å². The van der Waals surface area contributed by atoms with Crippen molar-refractivity contribution in [3.63, 3.8) is 0 Å². The Bertz CT molecular complexity index is 792. The van der Waals surface area contributed by atoms with Crippen molar-refractivity contribution in [1.82, 2.24) is 10.2 Å². The van der Waals surface area contributed by atoms with E-state index in [1.54, 1.807) is 11.3 Å². The number of ether oxygens (including phenoxy) is 1. The van der Waals surface area contributed by atoms with Crippen LogP contribution in [-0.4, -0.2) is 22.7 Å². The largest absolute Gasteiger partial charge is 0.484 e. The third-order valence-electron chi connectivity index (χ3n) is 2.97. The van der Waals surface area contributed by atoms with E-state index in [0.717, 1.165) is 21.0 Å². The Kier molecular flexibility index (Phi) is 4.68. The first kappa shape index (κ1) is 15.6. The standard InChI is InChI=1S/C16H15N3O2S2/c1-10-6-11(2)8-12(7-10)21-9-14(20)17-16-19-18-15(23-16)13-4-3-5-22-13/h3-8H,9H2,1-2H3,(H,17,19,20). The third kappa shape index (κ3) is 4.14. The lowest BCUT2D eigenvalue weighted by molar-refractivity contribution is -0.118. The Morgan fingerprint density at radius 3 is 2.70 bits per heavy atom. The zero-order chi connectivity index (χ0) is 16.2. The number of rotatable bonds is 5. The van der Waals surface area contributed by atoms with Gasteiger partial charge in [-0.1, -0.05) is 23.5 Å². The van der Waals surface area contributed by atoms with Crippen molar-refractivity contribution in [3.8, 4) is 15.6 Å². The van der Waals surface area contributed by atoms with Crippen molar-refractivity contribution in [2.24, 2.45) is 0 Å². The van der Waals surface area contributed by atoms with E-state index < -0.39 is 0 Å². The zero-order valence-electron chi connectivity index (χ0n) is 12.7. The van der Waals surface area contributed by atoms with Gasteiger partial charge in [0.15, 0.2) is 11.6 Å². The fourth-order valence-electron chi connectivity index (χ4n) is 2.09. The molecular weight excluding hydrogens is 330 g/mol. The molecule has 3 aromatic rings. The van der Waals surface area contributed by atoms with E-state index in [4.69, 9.17) is 4.74 Å². The van der Waals surface area contributed by atoms with Crippen LogP contribution in [0.3, 0.4) is 0 Å². The topological polar surface area (TPSA) is 64.1 Å². The molecule has 0 aliphatic carbocycles. The first-order valence-electron chi connectivity index (χ1n) is 6.98. The maximum absolute atomic E-state index is 12.0. The van der Waals surface area contributed by atoms with Crippen molar-refractivity contribution < 1.29 is 9.53 Å². The summed E-state index contributed by atoms with van der Waals surface area (Å²) in [5, 5.41) is 14.0. The van der Waals surface area contributed by atoms with Gasteiger partial charge >= 0.3 is 0 Å². The van der Waals surface area contributed by atoms with Crippen molar-refractivity contribution in [1.29, 1.82) is 0 Å². The van der Waals surface area contributed by atoms with E-state index in [2.05, 4.69) is 21.6 Å². The molecule has 23 heavy (non-hydrogen) atoms. The number of carbonyl (C=O) groups is 1. The molecule has 3 rings (SSSR count). The highest BCUT2D eigenvalue weighted by Gasteiger charge is 2.11. The maximum atomic E-state index is 12.0. The average Bonchev–Trinajstić information content (AvgIpc) is 3.14. The molecule has 0 unspecified atom stereocenters. The predicted molar refractivity (Wildman–Crippen MR) is 93.3 cm³/mol. The molecule has 0 spiro atoms. The molecule has 2 heterocycles. The third-order valence-corrected chi connectivity index (χ3v) is 4.85. The van der Waals surface area contributed by atoms with E-state index in [1.807, 2.05) is 43.5 Å². The van der Waals surface area contributed by atoms with E-state index in [9.17, 15) is 4.79 Å². The smallest absolute Gasteiger partial charge is 0.264 e. The maximum Gasteiger partial charge on any atom is 0.264 e. The highest BCUT2D eigenvalue weighted by molar-refractivity contribution is 7.23. The zero-order valence-corrected chi connectivity index (χ0v) is 14.3. The van der Waals surface area contributed by atoms with Crippen LogP contribution in [0.2, 0.25) is 0 Å². The summed E-state index contributed by atoms with van der Waals surface area (Å²) in [5.41, 5.74) is 2.20. The summed E-state index contributed by atoms with van der Waals surface area (Å²) in [6.07, 6.45) is 0. The molecule has 0 bridgehead atoms. The van der Waals surface area contributed by atoms with Gasteiger partial charge < -0.3 is 4.74 Å². The van der Waals surface area contributed by atoms with Gasteiger partial charge in [-0.15, -0.1) is 21.5 Å². The van der Waals surface area contributed by atoms with E-state index in [0.29, 0.717) is 10.9 Å². The van der Waals surface area contributed by atoms with Gasteiger partial charge in [0.05, 0.1) is 4.88 Å². The fraction of sp³-hybridized carbons (Fsp3) is 0.188. The number of thiophene rings is 1. The van der Waals surface area contributed by atoms with E-state index in [-0.39, 0.29) is 12.5 Å². The molecule has 1 aromatic carbocycles. The summed E-state index contributed by atoms with van der Waals surface area (Å²) in [4.78, 5) is 13.0. The lowest BCUT2D eigenvalue weighted by Crippen LogP contribution is -2.20. The molecular formula is C16H15N3O2S2. The number of hydrogen-bond donors (Lipinski definition) is 1. The molecule has 0 aliphatic rings. The molecule has 5 nitrogen and oxygen atoms in total. The van der Waals surface area contributed by atoms with Crippen LogP contribution in [0.25, 0.3) is 9.88 Å². The SMILES string of the molecule is Cc1cc(C)cc(OCC(=O)Nc2nnc(-c3cccs3)s2)c1. The second kappa shape index (κ2) is 6.89. The van der Waals surface area contributed by atoms with Gasteiger partial charge in [0.2, 0.25) is 5.13 Å². The number of nitrogens with zero attached hydrogens (tertiary/aromatic N) is 2. The minimum atomic E-state index is -0.252. The summed E-state index contributed by atoms with van der Waals surface area (Å²) >= 11 is 2.94. The molecule has 0 fully saturated rings. The summed E-state index contributed by atoms with van der Waals surface area (Å²) < 4.78 is 5.53. The van der Waals surface area contributed by atoms with Crippen LogP contribution in [-0.2, 0) is 4.79 Å². The van der Waals surface area contributed by atoms with Crippen LogP contribution in [0.1, 0.15) is 11.1 Å². The number of hydrogen-bond acceptors (Lipinski definition) is 6. The highest BCUT2D eigenvalue weighted by Crippen LogP contribution is 2.29. The molecule has 0 aliphatic heterocycles. The summed E-state index contributed by atoms with van der Waals surface area (Å²) in [6, 6.07) is 9.79. The van der Waals surface area contributed by atoms with Gasteiger partial charge in [-0.3, -0.25) is 10.1 Å². The van der Waals surface area contributed by atoms with Crippen molar-refractivity contribution in [2.45, 2.75) is 13.8 Å². The molecule has 1 amide bonds. The van der Waals surface area contributed by atoms with Gasteiger partial charge in [-0.25, -0.2) is 0 Å². The number of amides is 1. The van der Waals surface area contributed by atoms with Crippen LogP contribution in [0, 0.1) is 13.8 Å². The first-order valence-corrected chi connectivity index (χ1v) is 8.68. The lowest BCUT2D eigenvalue weighted by atomic mass is 10.1. The summed E-state index contributed by atoms with van der Waals surface area (Å²) in [5.74, 6) is 0.437. The van der Waals surface area contributed by atoms with Gasteiger partial charge in [0, 0.05) is 0 Å². The number of aromatic nitrogens is 2. The van der Waals surface area contributed by atoms with Crippen LogP contribution >= 0.6 is 22.7 Å². The van der Waals surface area contributed by atoms with Gasteiger partial charge in [0.1, 0.15) is 5.75 Å². The van der Waals surface area contributed by atoms with Crippen LogP contribution < -0.4 is 10.1 Å². The Balaban J connectivity index is 1.57. The van der Waals surface area contributed by atoms with E-state index in [1.165, 1.54) is 11.3 Å². The molecule has 2 aromatic heterocycles. The minimum Gasteiger partial charge on any atom is -0.484 e. The van der Waals surface area contributed by atoms with Crippen LogP contribution in [0.15, 0.2) is 35.7 Å². The molecule has 0 atom stereocenters. The highest BCUT2D eigenvalue weighted by atomic mass is 32.1. The molecule has 0 saturated carbocycles. The quantitative estimate of drug-likeness (QED) is 0.762. The van der Waals surface area contributed by atoms with Gasteiger partial charge in [-0.2, -0.15) is 0 Å². The Morgan fingerprint density at radius 2 is 2.00 bits per heavy atom. The molecule has 7 heteroatoms. The number of benzene rings is 1. The summed E-state index contributed by atoms with van der Waals surface area (Å²) in [7, 11) is 0. The lowest BCUT2D eigenvalue weighted by Gasteiger charge is -2.07. The second-order valence-corrected chi connectivity index (χ2v) is 6.98. The Morgan fingerprint density at radius 1 is 1.22 bits per heavy atom. The number of anilines is 1. The van der Waals surface area contributed by atoms with Crippen molar-refractivity contribution in [3.05, 3.63) is 46.8 Å². The van der Waals surface area contributed by atoms with Gasteiger partial charge in [0.25, 0.3) is 5.91 Å². The van der Waals surface area contributed by atoms with Crippen LogP contribution in [0.4, 0.5) is 5.13 Å². The van der Waals surface area contributed by atoms with Crippen molar-refractivity contribution in [2.75, 3.05) is 11.9 Å².